The number of para-hydroxylation sites is 1. The molecular weight excluding hydrogens is 270 g/mol. The van der Waals surface area contributed by atoms with E-state index >= 15 is 0 Å². The van der Waals surface area contributed by atoms with Gasteiger partial charge in [-0.1, -0.05) is 44.0 Å². The minimum Gasteiger partial charge on any atom is -0.315 e. The van der Waals surface area contributed by atoms with Crippen LogP contribution in [0.15, 0.2) is 36.4 Å². The van der Waals surface area contributed by atoms with Crippen LogP contribution in [0.1, 0.15) is 44.3 Å². The van der Waals surface area contributed by atoms with Gasteiger partial charge in [-0.15, -0.1) is 0 Å². The molecule has 0 bridgehead atoms. The molecule has 1 saturated heterocycles. The smallest absolute Gasteiger partial charge is 0.0706 e. The van der Waals surface area contributed by atoms with Crippen molar-refractivity contribution in [2.75, 3.05) is 26.2 Å². The van der Waals surface area contributed by atoms with Gasteiger partial charge in [-0.2, -0.15) is 0 Å². The average Bonchev–Trinajstić information content (AvgIpc) is 2.84. The number of unbranched alkanes of at least 4 members (excludes halogenated alkanes) is 1. The summed E-state index contributed by atoms with van der Waals surface area (Å²) in [5, 5.41) is 4.74. The standard InChI is InChI=1S/C19H27N3/c1-2-3-9-19(22-14-6-12-20-13-15-22)18-11-10-16-7-4-5-8-17(16)21-18/h4-5,7-8,10-11,19-20H,2-3,6,9,12-15H2,1H3. The van der Waals surface area contributed by atoms with Crippen molar-refractivity contribution in [2.45, 2.75) is 38.6 Å². The lowest BCUT2D eigenvalue weighted by Gasteiger charge is -2.30. The minimum absolute atomic E-state index is 0.462. The Morgan fingerprint density at radius 2 is 2.05 bits per heavy atom. The van der Waals surface area contributed by atoms with E-state index in [1.165, 1.54) is 43.3 Å². The van der Waals surface area contributed by atoms with Gasteiger partial charge in [0, 0.05) is 25.0 Å². The van der Waals surface area contributed by atoms with E-state index in [4.69, 9.17) is 4.98 Å². The predicted molar refractivity (Wildman–Crippen MR) is 93.1 cm³/mol. The third-order valence-corrected chi connectivity index (χ3v) is 4.61. The zero-order valence-corrected chi connectivity index (χ0v) is 13.6. The molecule has 0 spiro atoms. The summed E-state index contributed by atoms with van der Waals surface area (Å²) < 4.78 is 0. The van der Waals surface area contributed by atoms with Gasteiger partial charge in [0.15, 0.2) is 0 Å². The Hall–Kier alpha value is -1.45. The second-order valence-corrected chi connectivity index (χ2v) is 6.23. The number of benzene rings is 1. The van der Waals surface area contributed by atoms with Gasteiger partial charge >= 0.3 is 0 Å². The van der Waals surface area contributed by atoms with E-state index in [-0.39, 0.29) is 0 Å². The van der Waals surface area contributed by atoms with E-state index < -0.39 is 0 Å². The number of rotatable bonds is 5. The van der Waals surface area contributed by atoms with E-state index in [1.54, 1.807) is 0 Å². The van der Waals surface area contributed by atoms with E-state index in [9.17, 15) is 0 Å². The molecular formula is C19H27N3. The fourth-order valence-corrected chi connectivity index (χ4v) is 3.36. The van der Waals surface area contributed by atoms with Crippen LogP contribution >= 0.6 is 0 Å². The van der Waals surface area contributed by atoms with Crippen molar-refractivity contribution in [1.29, 1.82) is 0 Å². The lowest BCUT2D eigenvalue weighted by molar-refractivity contribution is 0.193. The molecule has 1 unspecified atom stereocenters. The number of nitrogens with zero attached hydrogens (tertiary/aromatic N) is 2. The van der Waals surface area contributed by atoms with Crippen LogP contribution in [-0.4, -0.2) is 36.1 Å². The first kappa shape index (κ1) is 15.4. The van der Waals surface area contributed by atoms with Crippen LogP contribution in [0.2, 0.25) is 0 Å². The monoisotopic (exact) mass is 297 g/mol. The van der Waals surface area contributed by atoms with Crippen molar-refractivity contribution in [1.82, 2.24) is 15.2 Å². The third kappa shape index (κ3) is 3.65. The second kappa shape index (κ2) is 7.70. The third-order valence-electron chi connectivity index (χ3n) is 4.61. The molecule has 1 aromatic carbocycles. The van der Waals surface area contributed by atoms with Gasteiger partial charge in [-0.3, -0.25) is 9.88 Å². The van der Waals surface area contributed by atoms with Gasteiger partial charge < -0.3 is 5.32 Å². The lowest BCUT2D eigenvalue weighted by Crippen LogP contribution is -2.32. The summed E-state index contributed by atoms with van der Waals surface area (Å²) in [5.74, 6) is 0. The summed E-state index contributed by atoms with van der Waals surface area (Å²) in [6.45, 7) is 6.81. The summed E-state index contributed by atoms with van der Waals surface area (Å²) in [6, 6.07) is 13.4. The number of hydrogen-bond acceptors (Lipinski definition) is 3. The first-order chi connectivity index (χ1) is 10.9. The Morgan fingerprint density at radius 1 is 1.14 bits per heavy atom. The SMILES string of the molecule is CCCCC(c1ccc2ccccc2n1)N1CCCNCC1. The summed E-state index contributed by atoms with van der Waals surface area (Å²) in [6.07, 6.45) is 4.96. The summed E-state index contributed by atoms with van der Waals surface area (Å²) in [7, 11) is 0. The van der Waals surface area contributed by atoms with E-state index in [0.29, 0.717) is 6.04 Å². The van der Waals surface area contributed by atoms with Gasteiger partial charge in [0.05, 0.1) is 17.3 Å². The van der Waals surface area contributed by atoms with Gasteiger partial charge in [0.2, 0.25) is 0 Å². The summed E-state index contributed by atoms with van der Waals surface area (Å²) >= 11 is 0. The lowest BCUT2D eigenvalue weighted by atomic mass is 10.0. The zero-order valence-electron chi connectivity index (χ0n) is 13.6. The minimum atomic E-state index is 0.462. The molecule has 0 radical (unpaired) electrons. The van der Waals surface area contributed by atoms with Gasteiger partial charge in [0.25, 0.3) is 0 Å². The van der Waals surface area contributed by atoms with Crippen molar-refractivity contribution < 1.29 is 0 Å². The second-order valence-electron chi connectivity index (χ2n) is 6.23. The van der Waals surface area contributed by atoms with E-state index in [1.807, 2.05) is 0 Å². The molecule has 1 N–H and O–H groups in total. The van der Waals surface area contributed by atoms with Crippen LogP contribution in [0.25, 0.3) is 10.9 Å². The number of nitrogens with one attached hydrogen (secondary N) is 1. The molecule has 0 amide bonds. The molecule has 0 saturated carbocycles. The topological polar surface area (TPSA) is 28.2 Å². The van der Waals surface area contributed by atoms with Crippen LogP contribution < -0.4 is 5.32 Å². The summed E-state index contributed by atoms with van der Waals surface area (Å²) in [5.41, 5.74) is 2.36. The van der Waals surface area contributed by atoms with Crippen molar-refractivity contribution in [3.63, 3.8) is 0 Å². The van der Waals surface area contributed by atoms with Crippen molar-refractivity contribution in [3.8, 4) is 0 Å². The molecule has 22 heavy (non-hydrogen) atoms. The highest BCUT2D eigenvalue weighted by Gasteiger charge is 2.22. The van der Waals surface area contributed by atoms with Crippen LogP contribution in [0.5, 0.6) is 0 Å². The molecule has 0 aliphatic carbocycles. The Balaban J connectivity index is 1.88. The van der Waals surface area contributed by atoms with Crippen LogP contribution in [0.3, 0.4) is 0 Å². The molecule has 1 atom stereocenters. The van der Waals surface area contributed by atoms with Gasteiger partial charge in [0.1, 0.15) is 0 Å². The van der Waals surface area contributed by atoms with Crippen molar-refractivity contribution in [2.24, 2.45) is 0 Å². The highest BCUT2D eigenvalue weighted by Crippen LogP contribution is 2.27. The zero-order chi connectivity index (χ0) is 15.2. The molecule has 3 heteroatoms. The Morgan fingerprint density at radius 3 is 2.95 bits per heavy atom. The quantitative estimate of drug-likeness (QED) is 0.911. The maximum Gasteiger partial charge on any atom is 0.0706 e. The molecule has 1 fully saturated rings. The molecule has 2 aromatic rings. The molecule has 3 rings (SSSR count). The van der Waals surface area contributed by atoms with E-state index in [0.717, 1.165) is 25.2 Å². The Bertz CT molecular complexity index is 588. The Labute approximate surface area is 133 Å². The molecule has 1 aliphatic rings. The molecule has 1 aromatic heterocycles. The molecule has 118 valence electrons. The van der Waals surface area contributed by atoms with Crippen LogP contribution in [0, 0.1) is 0 Å². The predicted octanol–water partition coefficient (Wildman–Crippen LogP) is 3.76. The van der Waals surface area contributed by atoms with Crippen molar-refractivity contribution in [3.05, 3.63) is 42.1 Å². The number of hydrogen-bond donors (Lipinski definition) is 1. The largest absolute Gasteiger partial charge is 0.315 e. The average molecular weight is 297 g/mol. The number of pyridine rings is 1. The molecule has 3 nitrogen and oxygen atoms in total. The highest BCUT2D eigenvalue weighted by molar-refractivity contribution is 5.78. The van der Waals surface area contributed by atoms with Crippen LogP contribution in [0.4, 0.5) is 0 Å². The maximum atomic E-state index is 4.97. The molecule has 1 aliphatic heterocycles. The molecule has 2 heterocycles. The highest BCUT2D eigenvalue weighted by atomic mass is 15.2. The van der Waals surface area contributed by atoms with E-state index in [2.05, 4.69) is 53.5 Å². The first-order valence-electron chi connectivity index (χ1n) is 8.69. The first-order valence-corrected chi connectivity index (χ1v) is 8.69. The normalized spacial score (nSPS) is 18.2. The Kier molecular flexibility index (Phi) is 5.41. The fourth-order valence-electron chi connectivity index (χ4n) is 3.36. The fraction of sp³-hybridized carbons (Fsp3) is 0.526. The van der Waals surface area contributed by atoms with Crippen LogP contribution in [-0.2, 0) is 0 Å². The maximum absolute atomic E-state index is 4.97. The van der Waals surface area contributed by atoms with Crippen molar-refractivity contribution >= 4 is 10.9 Å². The number of aromatic nitrogens is 1. The summed E-state index contributed by atoms with van der Waals surface area (Å²) in [4.78, 5) is 7.60. The van der Waals surface area contributed by atoms with Gasteiger partial charge in [-0.25, -0.2) is 0 Å². The van der Waals surface area contributed by atoms with Gasteiger partial charge in [-0.05, 0) is 31.5 Å². The number of fused-ring (bicyclic) bond motifs is 1.